The minimum atomic E-state index is -0.285. The summed E-state index contributed by atoms with van der Waals surface area (Å²) in [5.41, 5.74) is 1.31. The number of anilines is 2. The number of methoxy groups -OCH3 is 1. The maximum Gasteiger partial charge on any atom is 0.250 e. The number of hydrogen-bond acceptors (Lipinski definition) is 7. The van der Waals surface area contributed by atoms with E-state index in [-0.39, 0.29) is 5.56 Å². The van der Waals surface area contributed by atoms with E-state index in [1.54, 1.807) is 7.11 Å². The Morgan fingerprint density at radius 2 is 1.83 bits per heavy atom. The highest BCUT2D eigenvalue weighted by atomic mass is 35.5. The van der Waals surface area contributed by atoms with E-state index in [1.807, 2.05) is 12.1 Å². The average molecular weight is 520 g/mol. The fraction of sp³-hybridized carbons (Fsp3) is 0.440. The number of halogens is 2. The van der Waals surface area contributed by atoms with E-state index >= 15 is 0 Å². The molecule has 1 aliphatic rings. The molecule has 4 rings (SSSR count). The molecule has 3 N–H and O–H groups in total. The Balaban J connectivity index is 1.44. The summed E-state index contributed by atoms with van der Waals surface area (Å²) in [4.78, 5) is 21.9. The smallest absolute Gasteiger partial charge is 0.250 e. The number of rotatable bonds is 11. The van der Waals surface area contributed by atoms with Crippen molar-refractivity contribution in [2.75, 3.05) is 51.8 Å². The summed E-state index contributed by atoms with van der Waals surface area (Å²) in [6.45, 7) is 6.13. The predicted octanol–water partition coefficient (Wildman–Crippen LogP) is 4.83. The van der Waals surface area contributed by atoms with Gasteiger partial charge in [0.2, 0.25) is 0 Å². The predicted molar refractivity (Wildman–Crippen MR) is 142 cm³/mol. The first-order valence-corrected chi connectivity index (χ1v) is 12.7. The molecule has 10 heteroatoms. The largest absolute Gasteiger partial charge is 0.493 e. The molecule has 1 fully saturated rings. The quantitative estimate of drug-likeness (QED) is 0.312. The number of nitrogens with zero attached hydrogens (tertiary/aromatic N) is 2. The van der Waals surface area contributed by atoms with Crippen molar-refractivity contribution in [3.05, 3.63) is 51.0 Å². The first-order chi connectivity index (χ1) is 17.1. The number of nitrogens with one attached hydrogen (secondary N) is 3. The molecule has 188 valence electrons. The lowest BCUT2D eigenvalue weighted by Gasteiger charge is -2.27. The number of pyridine rings is 2. The third-order valence-electron chi connectivity index (χ3n) is 6.09. The second kappa shape index (κ2) is 12.4. The number of benzene rings is 1. The van der Waals surface area contributed by atoms with Gasteiger partial charge in [0.1, 0.15) is 0 Å². The molecular formula is C25H31Cl2N5O3. The van der Waals surface area contributed by atoms with Gasteiger partial charge in [-0.05, 0) is 31.5 Å². The van der Waals surface area contributed by atoms with Crippen molar-refractivity contribution in [2.45, 2.75) is 25.7 Å². The highest BCUT2D eigenvalue weighted by molar-refractivity contribution is 6.39. The van der Waals surface area contributed by atoms with Crippen LogP contribution in [0.2, 0.25) is 10.0 Å². The van der Waals surface area contributed by atoms with E-state index < -0.39 is 0 Å². The summed E-state index contributed by atoms with van der Waals surface area (Å²) in [6, 6.07) is 5.15. The van der Waals surface area contributed by atoms with Crippen molar-refractivity contribution < 1.29 is 9.47 Å². The van der Waals surface area contributed by atoms with Gasteiger partial charge in [-0.15, -0.1) is 0 Å². The number of piperazine rings is 1. The third kappa shape index (κ3) is 6.58. The molecule has 8 nitrogen and oxygen atoms in total. The van der Waals surface area contributed by atoms with Gasteiger partial charge in [-0.1, -0.05) is 36.0 Å². The molecule has 2 aromatic heterocycles. The van der Waals surface area contributed by atoms with Crippen LogP contribution in [0.5, 0.6) is 11.5 Å². The third-order valence-corrected chi connectivity index (χ3v) is 6.67. The SMILES string of the molecule is COc1ccc2c(Nc3c(Cl)cncc3Cl)cc(=O)[nH]c2c1OCCCCCCN1CCNCC1. The summed E-state index contributed by atoms with van der Waals surface area (Å²) in [5, 5.41) is 8.02. The van der Waals surface area contributed by atoms with Crippen LogP contribution in [0, 0.1) is 0 Å². The molecule has 0 radical (unpaired) electrons. The maximum atomic E-state index is 12.5. The highest BCUT2D eigenvalue weighted by Gasteiger charge is 2.16. The number of aromatic amines is 1. The van der Waals surface area contributed by atoms with Crippen LogP contribution >= 0.6 is 23.2 Å². The average Bonchev–Trinajstić information content (AvgIpc) is 2.86. The van der Waals surface area contributed by atoms with Crippen LogP contribution < -0.4 is 25.7 Å². The van der Waals surface area contributed by atoms with Gasteiger partial charge in [-0.25, -0.2) is 0 Å². The Hall–Kier alpha value is -2.52. The Labute approximate surface area is 214 Å². The number of fused-ring (bicyclic) bond motifs is 1. The standard InChI is InChI=1S/C25H31Cl2N5O3/c1-34-21-7-6-17-20(30-24-18(26)15-29-16-19(24)27)14-22(33)31-23(17)25(21)35-13-5-3-2-4-10-32-11-8-28-9-12-32/h6-7,14-16,28H,2-5,8-13H2,1H3,(H2,29,30,31,33). The highest BCUT2D eigenvalue weighted by Crippen LogP contribution is 2.39. The Morgan fingerprint density at radius 1 is 1.09 bits per heavy atom. The Morgan fingerprint density at radius 3 is 2.57 bits per heavy atom. The molecule has 1 aromatic carbocycles. The molecule has 1 aliphatic heterocycles. The van der Waals surface area contributed by atoms with Crippen LogP contribution in [0.4, 0.5) is 11.4 Å². The fourth-order valence-corrected chi connectivity index (χ4v) is 4.71. The number of H-pyrrole nitrogens is 1. The summed E-state index contributed by atoms with van der Waals surface area (Å²) >= 11 is 12.5. The lowest BCUT2D eigenvalue weighted by atomic mass is 10.1. The second-order valence-electron chi connectivity index (χ2n) is 8.52. The van der Waals surface area contributed by atoms with Gasteiger partial charge in [0.25, 0.3) is 5.56 Å². The van der Waals surface area contributed by atoms with Crippen molar-refractivity contribution >= 4 is 45.5 Å². The molecule has 3 heterocycles. The minimum Gasteiger partial charge on any atom is -0.493 e. The van der Waals surface area contributed by atoms with Crippen LogP contribution in [0.15, 0.2) is 35.4 Å². The number of unbranched alkanes of at least 4 members (excludes halogenated alkanes) is 3. The number of hydrogen-bond donors (Lipinski definition) is 3. The van der Waals surface area contributed by atoms with Crippen molar-refractivity contribution in [1.82, 2.24) is 20.2 Å². The lowest BCUT2D eigenvalue weighted by molar-refractivity contribution is 0.234. The number of ether oxygens (including phenoxy) is 2. The van der Waals surface area contributed by atoms with Gasteiger partial charge < -0.3 is 30.0 Å². The van der Waals surface area contributed by atoms with Gasteiger partial charge in [0, 0.05) is 50.0 Å². The maximum absolute atomic E-state index is 12.5. The zero-order chi connectivity index (χ0) is 24.6. The zero-order valence-corrected chi connectivity index (χ0v) is 21.3. The number of aromatic nitrogens is 2. The molecular weight excluding hydrogens is 489 g/mol. The fourth-order valence-electron chi connectivity index (χ4n) is 4.25. The molecule has 3 aromatic rings. The molecule has 0 atom stereocenters. The van der Waals surface area contributed by atoms with Crippen molar-refractivity contribution in [1.29, 1.82) is 0 Å². The normalized spacial score (nSPS) is 14.3. The van der Waals surface area contributed by atoms with E-state index in [2.05, 4.69) is 25.5 Å². The lowest BCUT2D eigenvalue weighted by Crippen LogP contribution is -2.43. The summed E-state index contributed by atoms with van der Waals surface area (Å²) < 4.78 is 11.7. The van der Waals surface area contributed by atoms with Crippen LogP contribution in [0.3, 0.4) is 0 Å². The van der Waals surface area contributed by atoms with Crippen LogP contribution in [0.1, 0.15) is 25.7 Å². The van der Waals surface area contributed by atoms with Gasteiger partial charge in [0.15, 0.2) is 11.5 Å². The van der Waals surface area contributed by atoms with Crippen LogP contribution in [-0.2, 0) is 0 Å². The zero-order valence-electron chi connectivity index (χ0n) is 19.8. The first-order valence-electron chi connectivity index (χ1n) is 11.9. The van der Waals surface area contributed by atoms with Gasteiger partial charge in [0.05, 0.1) is 40.7 Å². The van der Waals surface area contributed by atoms with E-state index in [0.29, 0.717) is 45.0 Å². The van der Waals surface area contributed by atoms with Gasteiger partial charge >= 0.3 is 0 Å². The molecule has 35 heavy (non-hydrogen) atoms. The molecule has 1 saturated heterocycles. The van der Waals surface area contributed by atoms with Crippen molar-refractivity contribution in [2.24, 2.45) is 0 Å². The minimum absolute atomic E-state index is 0.285. The molecule has 0 unspecified atom stereocenters. The van der Waals surface area contributed by atoms with E-state index in [0.717, 1.165) is 57.4 Å². The first kappa shape index (κ1) is 25.6. The van der Waals surface area contributed by atoms with Crippen molar-refractivity contribution in [3.8, 4) is 11.5 Å². The second-order valence-corrected chi connectivity index (χ2v) is 9.34. The van der Waals surface area contributed by atoms with Crippen LogP contribution in [0.25, 0.3) is 10.9 Å². The van der Waals surface area contributed by atoms with Gasteiger partial charge in [-0.3, -0.25) is 9.78 Å². The van der Waals surface area contributed by atoms with E-state index in [9.17, 15) is 4.79 Å². The topological polar surface area (TPSA) is 91.5 Å². The van der Waals surface area contributed by atoms with Crippen LogP contribution in [-0.4, -0.2) is 61.3 Å². The van der Waals surface area contributed by atoms with E-state index in [4.69, 9.17) is 32.7 Å². The van der Waals surface area contributed by atoms with E-state index in [1.165, 1.54) is 24.9 Å². The molecule has 0 bridgehead atoms. The summed E-state index contributed by atoms with van der Waals surface area (Å²) in [6.07, 6.45) is 7.35. The molecule has 0 saturated carbocycles. The summed E-state index contributed by atoms with van der Waals surface area (Å²) in [7, 11) is 1.58. The molecule has 0 spiro atoms. The monoisotopic (exact) mass is 519 g/mol. The molecule has 0 aliphatic carbocycles. The van der Waals surface area contributed by atoms with Crippen molar-refractivity contribution in [3.63, 3.8) is 0 Å². The molecule has 0 amide bonds. The Bertz CT molecular complexity index is 1180. The Kier molecular flexibility index (Phi) is 9.09. The summed E-state index contributed by atoms with van der Waals surface area (Å²) in [5.74, 6) is 1.07. The van der Waals surface area contributed by atoms with Gasteiger partial charge in [-0.2, -0.15) is 0 Å².